The van der Waals surface area contributed by atoms with Crippen molar-refractivity contribution in [2.75, 3.05) is 42.8 Å². The first-order valence-corrected chi connectivity index (χ1v) is 11.5. The highest BCUT2D eigenvalue weighted by atomic mass is 32.2. The first-order valence-electron chi connectivity index (χ1n) is 10.6. The third kappa shape index (κ3) is 3.51. The largest absolute Gasteiger partial charge is 0.416 e. The van der Waals surface area contributed by atoms with E-state index in [4.69, 9.17) is 4.74 Å². The van der Waals surface area contributed by atoms with E-state index in [0.29, 0.717) is 44.2 Å². The highest BCUT2D eigenvalue weighted by Crippen LogP contribution is 2.58. The number of para-hydroxylation sites is 1. The Morgan fingerprint density at radius 2 is 1.82 bits per heavy atom. The second-order valence-corrected chi connectivity index (χ2v) is 9.78. The molecule has 2 aromatic rings. The van der Waals surface area contributed by atoms with Crippen LogP contribution < -0.4 is 9.80 Å². The molecule has 174 valence electrons. The van der Waals surface area contributed by atoms with Gasteiger partial charge in [0.25, 0.3) is 5.91 Å². The summed E-state index contributed by atoms with van der Waals surface area (Å²) in [5.41, 5.74) is 0.475. The number of thioether (sulfide) groups is 1. The molecule has 2 saturated heterocycles. The predicted molar refractivity (Wildman–Crippen MR) is 119 cm³/mol. The van der Waals surface area contributed by atoms with E-state index >= 15 is 0 Å². The topological polar surface area (TPSA) is 53.1 Å². The Hall–Kier alpha value is -2.56. The van der Waals surface area contributed by atoms with Crippen LogP contribution in [0.25, 0.3) is 0 Å². The number of rotatable bonds is 3. The molecule has 6 nitrogen and oxygen atoms in total. The van der Waals surface area contributed by atoms with Crippen molar-refractivity contribution in [3.8, 4) is 0 Å². The van der Waals surface area contributed by atoms with E-state index < -0.39 is 27.8 Å². The zero-order chi connectivity index (χ0) is 23.4. The highest BCUT2D eigenvalue weighted by Gasteiger charge is 2.63. The monoisotopic (exact) mass is 477 g/mol. The lowest BCUT2D eigenvalue weighted by Crippen LogP contribution is -2.52. The SMILES string of the molecule is C[C@@H]1S[C@@]2(C(=O)N(CN3CCOCC3)c3ccccc32)N(c2cccc(C(F)(F)F)c2)C1=O. The maximum Gasteiger partial charge on any atom is 0.416 e. The van der Waals surface area contributed by atoms with E-state index in [9.17, 15) is 22.8 Å². The Labute approximate surface area is 193 Å². The molecule has 3 heterocycles. The fourth-order valence-corrected chi connectivity index (χ4v) is 6.17. The molecule has 2 aromatic carbocycles. The minimum atomic E-state index is -4.56. The number of amides is 2. The number of halogens is 3. The van der Waals surface area contributed by atoms with Gasteiger partial charge in [0.1, 0.15) is 0 Å². The Morgan fingerprint density at radius 1 is 1.09 bits per heavy atom. The molecule has 10 heteroatoms. The summed E-state index contributed by atoms with van der Waals surface area (Å²) in [4.78, 5) is 30.9. The van der Waals surface area contributed by atoms with Crippen LogP contribution in [0.3, 0.4) is 0 Å². The van der Waals surface area contributed by atoms with E-state index in [-0.39, 0.29) is 11.6 Å². The molecule has 0 unspecified atom stereocenters. The molecule has 0 saturated carbocycles. The van der Waals surface area contributed by atoms with Crippen LogP contribution in [-0.2, 0) is 25.4 Å². The number of morpholine rings is 1. The normalized spacial score (nSPS) is 25.9. The molecule has 2 atom stereocenters. The second kappa shape index (κ2) is 8.03. The van der Waals surface area contributed by atoms with Gasteiger partial charge < -0.3 is 4.74 Å². The molecule has 2 amide bonds. The molecule has 0 radical (unpaired) electrons. The lowest BCUT2D eigenvalue weighted by molar-refractivity contribution is -0.137. The minimum Gasteiger partial charge on any atom is -0.379 e. The second-order valence-electron chi connectivity index (χ2n) is 8.25. The predicted octanol–water partition coefficient (Wildman–Crippen LogP) is 3.66. The van der Waals surface area contributed by atoms with Gasteiger partial charge in [0.05, 0.1) is 36.4 Å². The Morgan fingerprint density at radius 3 is 2.55 bits per heavy atom. The number of anilines is 2. The van der Waals surface area contributed by atoms with E-state index in [1.54, 1.807) is 24.0 Å². The Bertz CT molecular complexity index is 1110. The van der Waals surface area contributed by atoms with Crippen LogP contribution in [0.15, 0.2) is 48.5 Å². The number of carbonyl (C=O) groups excluding carboxylic acids is 2. The summed E-state index contributed by atoms with van der Waals surface area (Å²) in [7, 11) is 0. The summed E-state index contributed by atoms with van der Waals surface area (Å²) in [6.07, 6.45) is -4.56. The fourth-order valence-electron chi connectivity index (χ4n) is 4.64. The van der Waals surface area contributed by atoms with Gasteiger partial charge in [-0.25, -0.2) is 0 Å². The average molecular weight is 478 g/mol. The molecule has 0 aliphatic carbocycles. The molecule has 0 N–H and O–H groups in total. The smallest absolute Gasteiger partial charge is 0.379 e. The molecule has 0 aromatic heterocycles. The minimum absolute atomic E-state index is 0.0584. The summed E-state index contributed by atoms with van der Waals surface area (Å²) in [5, 5.41) is -0.597. The zero-order valence-corrected chi connectivity index (χ0v) is 18.7. The molecular weight excluding hydrogens is 455 g/mol. The van der Waals surface area contributed by atoms with Gasteiger partial charge in [-0.1, -0.05) is 24.3 Å². The van der Waals surface area contributed by atoms with Crippen LogP contribution in [0.1, 0.15) is 18.1 Å². The van der Waals surface area contributed by atoms with Crippen LogP contribution in [-0.4, -0.2) is 54.9 Å². The summed E-state index contributed by atoms with van der Waals surface area (Å²) in [6, 6.07) is 11.8. The van der Waals surface area contributed by atoms with Crippen molar-refractivity contribution in [1.82, 2.24) is 4.90 Å². The van der Waals surface area contributed by atoms with Gasteiger partial charge in [-0.05, 0) is 31.2 Å². The number of carbonyl (C=O) groups is 2. The number of fused-ring (bicyclic) bond motifs is 2. The van der Waals surface area contributed by atoms with Crippen molar-refractivity contribution in [3.05, 3.63) is 59.7 Å². The van der Waals surface area contributed by atoms with Gasteiger partial charge >= 0.3 is 6.18 Å². The third-order valence-electron chi connectivity index (χ3n) is 6.20. The number of nitrogens with zero attached hydrogens (tertiary/aromatic N) is 3. The van der Waals surface area contributed by atoms with Crippen LogP contribution >= 0.6 is 11.8 Å². The van der Waals surface area contributed by atoms with Crippen molar-refractivity contribution in [2.24, 2.45) is 0 Å². The van der Waals surface area contributed by atoms with Gasteiger partial charge in [-0.15, -0.1) is 11.8 Å². The van der Waals surface area contributed by atoms with Crippen molar-refractivity contribution in [2.45, 2.75) is 23.2 Å². The quantitative estimate of drug-likeness (QED) is 0.676. The van der Waals surface area contributed by atoms with Gasteiger partial charge in [0.15, 0.2) is 0 Å². The maximum absolute atomic E-state index is 14.0. The van der Waals surface area contributed by atoms with Crippen LogP contribution in [0.4, 0.5) is 24.5 Å². The van der Waals surface area contributed by atoms with Gasteiger partial charge in [-0.3, -0.25) is 24.3 Å². The number of benzene rings is 2. The first-order chi connectivity index (χ1) is 15.7. The lowest BCUT2D eigenvalue weighted by atomic mass is 10.0. The molecule has 5 rings (SSSR count). The third-order valence-corrected chi connectivity index (χ3v) is 7.68. The van der Waals surface area contributed by atoms with Gasteiger partial charge in [-0.2, -0.15) is 13.2 Å². The number of ether oxygens (including phenoxy) is 1. The average Bonchev–Trinajstić information content (AvgIpc) is 3.20. The number of alkyl halides is 3. The molecular formula is C23H22F3N3O3S. The standard InChI is InChI=1S/C23H22F3N3O3S/c1-15-20(30)29(17-6-4-5-16(13-17)23(24,25)26)22(33-15)18-7-2-3-8-19(18)28(21(22)31)14-27-9-11-32-12-10-27/h2-8,13,15H,9-12,14H2,1H3/t15-,22-/m0/s1. The fraction of sp³-hybridized carbons (Fsp3) is 0.391. The summed E-state index contributed by atoms with van der Waals surface area (Å²) in [5.74, 6) is -0.717. The first kappa shape index (κ1) is 22.2. The van der Waals surface area contributed by atoms with E-state index in [1.807, 2.05) is 12.1 Å². The summed E-state index contributed by atoms with van der Waals surface area (Å²) in [6.45, 7) is 4.46. The zero-order valence-electron chi connectivity index (χ0n) is 17.8. The Balaban J connectivity index is 1.62. The van der Waals surface area contributed by atoms with Crippen molar-refractivity contribution in [3.63, 3.8) is 0 Å². The van der Waals surface area contributed by atoms with E-state index in [0.717, 1.165) is 12.1 Å². The van der Waals surface area contributed by atoms with Crippen LogP contribution in [0.2, 0.25) is 0 Å². The summed E-state index contributed by atoms with van der Waals surface area (Å²) >= 11 is 1.18. The number of hydrogen-bond acceptors (Lipinski definition) is 5. The summed E-state index contributed by atoms with van der Waals surface area (Å²) < 4.78 is 45.7. The van der Waals surface area contributed by atoms with Crippen molar-refractivity contribution < 1.29 is 27.5 Å². The van der Waals surface area contributed by atoms with Gasteiger partial charge in [0.2, 0.25) is 10.8 Å². The molecule has 3 aliphatic rings. The van der Waals surface area contributed by atoms with Crippen LogP contribution in [0.5, 0.6) is 0 Å². The molecule has 0 bridgehead atoms. The highest BCUT2D eigenvalue weighted by molar-refractivity contribution is 8.03. The maximum atomic E-state index is 14.0. The lowest BCUT2D eigenvalue weighted by Gasteiger charge is -2.35. The van der Waals surface area contributed by atoms with Crippen molar-refractivity contribution >= 4 is 35.0 Å². The molecule has 2 fully saturated rings. The van der Waals surface area contributed by atoms with Crippen molar-refractivity contribution in [1.29, 1.82) is 0 Å². The van der Waals surface area contributed by atoms with E-state index in [1.165, 1.54) is 28.8 Å². The van der Waals surface area contributed by atoms with E-state index in [2.05, 4.69) is 4.90 Å². The Kier molecular flexibility index (Phi) is 5.42. The van der Waals surface area contributed by atoms with Gasteiger partial charge in [0, 0.05) is 24.3 Å². The molecule has 3 aliphatic heterocycles. The molecule has 1 spiro atoms. The number of hydrogen-bond donors (Lipinski definition) is 0. The van der Waals surface area contributed by atoms with Crippen LogP contribution in [0, 0.1) is 0 Å². The molecule has 33 heavy (non-hydrogen) atoms.